The molecule has 0 aliphatic carbocycles. The number of fused-ring (bicyclic) bond motifs is 1. The van der Waals surface area contributed by atoms with Crippen molar-refractivity contribution in [2.24, 2.45) is 0 Å². The van der Waals surface area contributed by atoms with Crippen molar-refractivity contribution < 1.29 is 9.47 Å². The van der Waals surface area contributed by atoms with Crippen LogP contribution in [-0.4, -0.2) is 53.2 Å². The second kappa shape index (κ2) is 8.14. The fraction of sp³-hybridized carbons (Fsp3) is 0.261. The summed E-state index contributed by atoms with van der Waals surface area (Å²) in [6.45, 7) is 1.81. The Bertz CT molecular complexity index is 1170. The van der Waals surface area contributed by atoms with Gasteiger partial charge in [-0.15, -0.1) is 15.3 Å². The van der Waals surface area contributed by atoms with Crippen LogP contribution >= 0.6 is 0 Å². The lowest BCUT2D eigenvalue weighted by Crippen LogP contribution is -2.26. The van der Waals surface area contributed by atoms with Crippen LogP contribution in [-0.2, 0) is 0 Å². The Balaban J connectivity index is 1.34. The van der Waals surface area contributed by atoms with Crippen molar-refractivity contribution >= 4 is 17.2 Å². The highest BCUT2D eigenvalue weighted by molar-refractivity contribution is 5.60. The molecule has 158 valence electrons. The molecule has 2 aromatic heterocycles. The van der Waals surface area contributed by atoms with Gasteiger partial charge in [0.2, 0.25) is 0 Å². The molecule has 1 unspecified atom stereocenters. The Kier molecular flexibility index (Phi) is 5.03. The highest BCUT2D eigenvalue weighted by Crippen LogP contribution is 2.31. The van der Waals surface area contributed by atoms with Gasteiger partial charge in [0.1, 0.15) is 17.3 Å². The minimum absolute atomic E-state index is 0.277. The van der Waals surface area contributed by atoms with Gasteiger partial charge >= 0.3 is 0 Å². The van der Waals surface area contributed by atoms with E-state index >= 15 is 0 Å². The standard InChI is InChI=1S/C23H24N6O2/c1-30-19-12-18(13-20(14-19)31-2)28-11-10-17(15-28)24-21-8-9-22-25-26-23(29(22)27-21)16-6-4-3-5-7-16/h3-9,12-14,17H,10-11,15H2,1-2H3,(H,24,27). The number of anilines is 2. The molecule has 0 radical (unpaired) electrons. The lowest BCUT2D eigenvalue weighted by Gasteiger charge is -2.20. The fourth-order valence-electron chi connectivity index (χ4n) is 3.93. The summed E-state index contributed by atoms with van der Waals surface area (Å²) in [4.78, 5) is 2.33. The van der Waals surface area contributed by atoms with E-state index in [-0.39, 0.29) is 6.04 Å². The maximum absolute atomic E-state index is 5.41. The molecule has 1 aliphatic heterocycles. The first-order valence-corrected chi connectivity index (χ1v) is 10.3. The van der Waals surface area contributed by atoms with Crippen LogP contribution in [0.25, 0.3) is 17.0 Å². The van der Waals surface area contributed by atoms with Gasteiger partial charge in [0, 0.05) is 48.6 Å². The summed E-state index contributed by atoms with van der Waals surface area (Å²) in [6.07, 6.45) is 1.01. The Hall–Kier alpha value is -3.81. The van der Waals surface area contributed by atoms with Gasteiger partial charge in [0.05, 0.1) is 14.2 Å². The fourth-order valence-corrected chi connectivity index (χ4v) is 3.93. The van der Waals surface area contributed by atoms with E-state index in [4.69, 9.17) is 14.6 Å². The van der Waals surface area contributed by atoms with E-state index < -0.39 is 0 Å². The molecule has 31 heavy (non-hydrogen) atoms. The van der Waals surface area contributed by atoms with Crippen LogP contribution in [0.5, 0.6) is 11.5 Å². The molecule has 1 aliphatic rings. The summed E-state index contributed by atoms with van der Waals surface area (Å²) in [5.41, 5.74) is 2.80. The van der Waals surface area contributed by atoms with Crippen LogP contribution in [0.3, 0.4) is 0 Å². The molecule has 0 saturated carbocycles. The third kappa shape index (κ3) is 3.84. The van der Waals surface area contributed by atoms with E-state index in [1.807, 2.05) is 60.7 Å². The maximum atomic E-state index is 5.41. The Labute approximate surface area is 180 Å². The number of nitrogens with one attached hydrogen (secondary N) is 1. The monoisotopic (exact) mass is 416 g/mol. The van der Waals surface area contributed by atoms with Gasteiger partial charge in [-0.25, -0.2) is 0 Å². The van der Waals surface area contributed by atoms with Gasteiger partial charge in [0.25, 0.3) is 0 Å². The van der Waals surface area contributed by atoms with E-state index in [9.17, 15) is 0 Å². The second-order valence-corrected chi connectivity index (χ2v) is 7.53. The summed E-state index contributed by atoms with van der Waals surface area (Å²) in [7, 11) is 3.34. The number of methoxy groups -OCH3 is 2. The average molecular weight is 416 g/mol. The first-order chi connectivity index (χ1) is 15.2. The zero-order chi connectivity index (χ0) is 21.2. The molecule has 0 spiro atoms. The number of hydrogen-bond acceptors (Lipinski definition) is 7. The van der Waals surface area contributed by atoms with E-state index in [1.54, 1.807) is 18.7 Å². The molecular weight excluding hydrogens is 392 g/mol. The van der Waals surface area contributed by atoms with Crippen LogP contribution in [0.15, 0.2) is 60.7 Å². The van der Waals surface area contributed by atoms with E-state index in [0.29, 0.717) is 0 Å². The van der Waals surface area contributed by atoms with Crippen molar-refractivity contribution in [3.63, 3.8) is 0 Å². The normalized spacial score (nSPS) is 15.9. The largest absolute Gasteiger partial charge is 0.497 e. The number of ether oxygens (including phenoxy) is 2. The predicted octanol–water partition coefficient (Wildman–Crippen LogP) is 3.50. The zero-order valence-electron chi connectivity index (χ0n) is 17.5. The van der Waals surface area contributed by atoms with Crippen molar-refractivity contribution in [2.45, 2.75) is 12.5 Å². The Morgan fingerprint density at radius 3 is 2.45 bits per heavy atom. The predicted molar refractivity (Wildman–Crippen MR) is 120 cm³/mol. The molecule has 1 N–H and O–H groups in total. The maximum Gasteiger partial charge on any atom is 0.185 e. The zero-order valence-corrected chi connectivity index (χ0v) is 17.5. The second-order valence-electron chi connectivity index (χ2n) is 7.53. The molecular formula is C23H24N6O2. The molecule has 1 fully saturated rings. The van der Waals surface area contributed by atoms with E-state index in [2.05, 4.69) is 20.4 Å². The first kappa shape index (κ1) is 19.2. The topological polar surface area (TPSA) is 76.8 Å². The van der Waals surface area contributed by atoms with Crippen LogP contribution in [0.4, 0.5) is 11.5 Å². The molecule has 2 aromatic carbocycles. The van der Waals surface area contributed by atoms with Crippen molar-refractivity contribution in [2.75, 3.05) is 37.5 Å². The van der Waals surface area contributed by atoms with Crippen molar-refractivity contribution in [3.8, 4) is 22.9 Å². The molecule has 8 nitrogen and oxygen atoms in total. The first-order valence-electron chi connectivity index (χ1n) is 10.3. The lowest BCUT2D eigenvalue weighted by molar-refractivity contribution is 0.394. The van der Waals surface area contributed by atoms with Crippen molar-refractivity contribution in [1.82, 2.24) is 19.8 Å². The van der Waals surface area contributed by atoms with Crippen LogP contribution < -0.4 is 19.7 Å². The highest BCUT2D eigenvalue weighted by Gasteiger charge is 2.24. The number of nitrogens with zero attached hydrogens (tertiary/aromatic N) is 5. The summed E-state index contributed by atoms with van der Waals surface area (Å²) >= 11 is 0. The van der Waals surface area contributed by atoms with Crippen LogP contribution in [0.2, 0.25) is 0 Å². The van der Waals surface area contributed by atoms with Crippen molar-refractivity contribution in [1.29, 1.82) is 0 Å². The highest BCUT2D eigenvalue weighted by atomic mass is 16.5. The summed E-state index contributed by atoms with van der Waals surface area (Å²) < 4.78 is 12.6. The van der Waals surface area contributed by atoms with Crippen LogP contribution in [0.1, 0.15) is 6.42 Å². The van der Waals surface area contributed by atoms with Gasteiger partial charge < -0.3 is 19.7 Å². The third-order valence-corrected chi connectivity index (χ3v) is 5.54. The summed E-state index contributed by atoms with van der Waals surface area (Å²) in [5, 5.41) is 16.9. The lowest BCUT2D eigenvalue weighted by atomic mass is 10.2. The third-order valence-electron chi connectivity index (χ3n) is 5.54. The SMILES string of the molecule is COc1cc(OC)cc(N2CCC(Nc3ccc4nnc(-c5ccccc5)n4n3)C2)c1. The molecule has 8 heteroatoms. The molecule has 0 bridgehead atoms. The van der Waals surface area contributed by atoms with Gasteiger partial charge in [0.15, 0.2) is 11.5 Å². The molecule has 3 heterocycles. The quantitative estimate of drug-likeness (QED) is 0.515. The van der Waals surface area contributed by atoms with Gasteiger partial charge in [-0.05, 0) is 18.6 Å². The Morgan fingerprint density at radius 1 is 0.935 bits per heavy atom. The molecule has 5 rings (SSSR count). The summed E-state index contributed by atoms with van der Waals surface area (Å²) in [5.74, 6) is 3.12. The van der Waals surface area contributed by atoms with Crippen LogP contribution in [0, 0.1) is 0 Å². The molecule has 1 atom stereocenters. The van der Waals surface area contributed by atoms with Gasteiger partial charge in [-0.2, -0.15) is 4.52 Å². The number of rotatable bonds is 6. The van der Waals surface area contributed by atoms with Gasteiger partial charge in [-0.3, -0.25) is 0 Å². The molecule has 4 aromatic rings. The minimum atomic E-state index is 0.277. The number of benzene rings is 2. The average Bonchev–Trinajstić information content (AvgIpc) is 3.46. The number of aromatic nitrogens is 4. The Morgan fingerprint density at radius 2 is 1.71 bits per heavy atom. The number of hydrogen-bond donors (Lipinski definition) is 1. The minimum Gasteiger partial charge on any atom is -0.497 e. The van der Waals surface area contributed by atoms with Gasteiger partial charge in [-0.1, -0.05) is 30.3 Å². The smallest absolute Gasteiger partial charge is 0.185 e. The van der Waals surface area contributed by atoms with E-state index in [1.165, 1.54) is 0 Å². The molecule has 0 amide bonds. The molecule has 1 saturated heterocycles. The van der Waals surface area contributed by atoms with Crippen molar-refractivity contribution in [3.05, 3.63) is 60.7 Å². The van der Waals surface area contributed by atoms with E-state index in [0.717, 1.165) is 59.5 Å². The summed E-state index contributed by atoms with van der Waals surface area (Å²) in [6, 6.07) is 20.1.